The van der Waals surface area contributed by atoms with Gasteiger partial charge in [0.25, 0.3) is 0 Å². The highest BCUT2D eigenvalue weighted by molar-refractivity contribution is 5.41. The maximum Gasteiger partial charge on any atom is 0.197 e. The van der Waals surface area contributed by atoms with Crippen LogP contribution in [0.1, 0.15) is 77.3 Å². The second-order valence-corrected chi connectivity index (χ2v) is 8.17. The standard InChI is InChI=1S/C25H36O4/c1-5-6-7-8-9-10-24(27)29-23-17-13-21(14-18-23)25(3,4)20-11-15-22(16-12-20)28-19(2)26/h11-19,24,26-27H,5-10H2,1-4H3. The maximum atomic E-state index is 10.1. The summed E-state index contributed by atoms with van der Waals surface area (Å²) in [6.45, 7) is 8.12. The van der Waals surface area contributed by atoms with Gasteiger partial charge in [-0.2, -0.15) is 0 Å². The molecule has 2 N–H and O–H groups in total. The summed E-state index contributed by atoms with van der Waals surface area (Å²) in [5, 5.41) is 19.4. The Morgan fingerprint density at radius 3 is 1.72 bits per heavy atom. The van der Waals surface area contributed by atoms with Crippen LogP contribution in [0.25, 0.3) is 0 Å². The fourth-order valence-corrected chi connectivity index (χ4v) is 3.40. The van der Waals surface area contributed by atoms with Gasteiger partial charge in [-0.15, -0.1) is 0 Å². The van der Waals surface area contributed by atoms with Crippen LogP contribution in [0.15, 0.2) is 48.5 Å². The third-order valence-corrected chi connectivity index (χ3v) is 5.29. The third kappa shape index (κ3) is 7.37. The molecule has 0 aliphatic rings. The molecule has 2 aromatic carbocycles. The molecule has 0 radical (unpaired) electrons. The van der Waals surface area contributed by atoms with E-state index >= 15 is 0 Å². The van der Waals surface area contributed by atoms with E-state index in [-0.39, 0.29) is 5.41 Å². The van der Waals surface area contributed by atoms with E-state index in [1.54, 1.807) is 6.92 Å². The van der Waals surface area contributed by atoms with Crippen molar-refractivity contribution in [3.8, 4) is 11.5 Å². The number of ether oxygens (including phenoxy) is 2. The van der Waals surface area contributed by atoms with Gasteiger partial charge in [0.1, 0.15) is 11.5 Å². The molecule has 29 heavy (non-hydrogen) atoms. The van der Waals surface area contributed by atoms with E-state index in [1.807, 2.05) is 48.5 Å². The molecule has 0 saturated carbocycles. The first kappa shape index (κ1) is 23.2. The van der Waals surface area contributed by atoms with Crippen LogP contribution in [-0.2, 0) is 5.41 Å². The topological polar surface area (TPSA) is 58.9 Å². The van der Waals surface area contributed by atoms with Gasteiger partial charge in [-0.25, -0.2) is 0 Å². The molecule has 0 aliphatic heterocycles. The average molecular weight is 401 g/mol. The van der Waals surface area contributed by atoms with Crippen molar-refractivity contribution in [1.29, 1.82) is 0 Å². The Morgan fingerprint density at radius 1 is 0.759 bits per heavy atom. The summed E-state index contributed by atoms with van der Waals surface area (Å²) >= 11 is 0. The van der Waals surface area contributed by atoms with Crippen molar-refractivity contribution in [2.75, 3.05) is 0 Å². The van der Waals surface area contributed by atoms with E-state index in [4.69, 9.17) is 9.47 Å². The molecule has 0 bridgehead atoms. The molecular formula is C25H36O4. The summed E-state index contributed by atoms with van der Waals surface area (Å²) in [5.74, 6) is 1.33. The van der Waals surface area contributed by atoms with E-state index in [0.29, 0.717) is 17.9 Å². The first-order valence-corrected chi connectivity index (χ1v) is 10.7. The van der Waals surface area contributed by atoms with Gasteiger partial charge in [0.05, 0.1) is 0 Å². The Labute approximate surface area is 175 Å². The van der Waals surface area contributed by atoms with Crippen molar-refractivity contribution in [2.45, 2.75) is 84.2 Å². The van der Waals surface area contributed by atoms with E-state index < -0.39 is 12.6 Å². The number of rotatable bonds is 12. The van der Waals surface area contributed by atoms with Crippen LogP contribution in [0.2, 0.25) is 0 Å². The molecule has 0 spiro atoms. The molecular weight excluding hydrogens is 364 g/mol. The molecule has 2 rings (SSSR count). The summed E-state index contributed by atoms with van der Waals surface area (Å²) in [6, 6.07) is 15.7. The van der Waals surface area contributed by atoms with Gasteiger partial charge >= 0.3 is 0 Å². The summed E-state index contributed by atoms with van der Waals surface area (Å²) in [4.78, 5) is 0. The maximum absolute atomic E-state index is 10.1. The zero-order chi connectivity index (χ0) is 21.3. The van der Waals surface area contributed by atoms with Gasteiger partial charge in [0, 0.05) is 11.8 Å². The quantitative estimate of drug-likeness (QED) is 0.350. The molecule has 2 unspecified atom stereocenters. The minimum Gasteiger partial charge on any atom is -0.465 e. The minimum atomic E-state index is -0.826. The van der Waals surface area contributed by atoms with Gasteiger partial charge in [-0.3, -0.25) is 0 Å². The molecule has 0 saturated heterocycles. The number of aliphatic hydroxyl groups excluding tert-OH is 2. The first-order valence-electron chi connectivity index (χ1n) is 10.7. The van der Waals surface area contributed by atoms with Crippen molar-refractivity contribution in [3.63, 3.8) is 0 Å². The summed E-state index contributed by atoms with van der Waals surface area (Å²) in [6.07, 6.45) is 4.91. The predicted molar refractivity (Wildman–Crippen MR) is 117 cm³/mol. The first-order chi connectivity index (χ1) is 13.8. The van der Waals surface area contributed by atoms with Crippen LogP contribution in [0, 0.1) is 0 Å². The molecule has 2 aromatic rings. The zero-order valence-corrected chi connectivity index (χ0v) is 18.2. The molecule has 4 nitrogen and oxygen atoms in total. The Bertz CT molecular complexity index is 705. The van der Waals surface area contributed by atoms with Gasteiger partial charge in [0.15, 0.2) is 12.6 Å². The number of hydrogen-bond acceptors (Lipinski definition) is 4. The third-order valence-electron chi connectivity index (χ3n) is 5.29. The van der Waals surface area contributed by atoms with Crippen molar-refractivity contribution in [2.24, 2.45) is 0 Å². The van der Waals surface area contributed by atoms with Crippen LogP contribution in [0.5, 0.6) is 11.5 Å². The fourth-order valence-electron chi connectivity index (χ4n) is 3.40. The monoisotopic (exact) mass is 400 g/mol. The second-order valence-electron chi connectivity index (χ2n) is 8.17. The lowest BCUT2D eigenvalue weighted by Crippen LogP contribution is -2.19. The van der Waals surface area contributed by atoms with Crippen molar-refractivity contribution in [3.05, 3.63) is 59.7 Å². The smallest absolute Gasteiger partial charge is 0.197 e. The predicted octanol–water partition coefficient (Wildman–Crippen LogP) is 5.79. The van der Waals surface area contributed by atoms with Crippen LogP contribution >= 0.6 is 0 Å². The number of benzene rings is 2. The van der Waals surface area contributed by atoms with E-state index in [0.717, 1.165) is 24.0 Å². The second kappa shape index (κ2) is 11.2. The molecule has 0 aromatic heterocycles. The highest BCUT2D eigenvalue weighted by Crippen LogP contribution is 2.33. The minimum absolute atomic E-state index is 0.195. The molecule has 0 aliphatic carbocycles. The summed E-state index contributed by atoms with van der Waals surface area (Å²) < 4.78 is 11.0. The van der Waals surface area contributed by atoms with Crippen LogP contribution < -0.4 is 9.47 Å². The lowest BCUT2D eigenvalue weighted by Gasteiger charge is -2.27. The van der Waals surface area contributed by atoms with Gasteiger partial charge < -0.3 is 19.7 Å². The Morgan fingerprint density at radius 2 is 1.24 bits per heavy atom. The summed E-state index contributed by atoms with van der Waals surface area (Å²) in [7, 11) is 0. The van der Waals surface area contributed by atoms with Crippen LogP contribution in [0.4, 0.5) is 0 Å². The number of aliphatic hydroxyl groups is 2. The number of unbranched alkanes of at least 4 members (excludes halogenated alkanes) is 4. The molecule has 0 amide bonds. The van der Waals surface area contributed by atoms with E-state index in [1.165, 1.54) is 19.3 Å². The highest BCUT2D eigenvalue weighted by atomic mass is 16.6. The van der Waals surface area contributed by atoms with Crippen molar-refractivity contribution in [1.82, 2.24) is 0 Å². The molecule has 0 heterocycles. The average Bonchev–Trinajstić information content (AvgIpc) is 2.68. The lowest BCUT2D eigenvalue weighted by molar-refractivity contribution is -0.0246. The van der Waals surface area contributed by atoms with Crippen LogP contribution in [-0.4, -0.2) is 22.8 Å². The van der Waals surface area contributed by atoms with Gasteiger partial charge in [-0.1, -0.05) is 70.7 Å². The van der Waals surface area contributed by atoms with Crippen molar-refractivity contribution >= 4 is 0 Å². The fraction of sp³-hybridized carbons (Fsp3) is 0.520. The molecule has 160 valence electrons. The molecule has 0 fully saturated rings. The normalized spacial score (nSPS) is 13.7. The Balaban J connectivity index is 1.94. The highest BCUT2D eigenvalue weighted by Gasteiger charge is 2.23. The SMILES string of the molecule is CCCCCCCC(O)Oc1ccc(C(C)(C)c2ccc(OC(C)O)cc2)cc1. The van der Waals surface area contributed by atoms with Gasteiger partial charge in [-0.05, 0) is 48.7 Å². The lowest BCUT2D eigenvalue weighted by atomic mass is 9.78. The Hall–Kier alpha value is -2.04. The van der Waals surface area contributed by atoms with Crippen LogP contribution in [0.3, 0.4) is 0 Å². The molecule has 2 atom stereocenters. The Kier molecular flexibility index (Phi) is 8.99. The largest absolute Gasteiger partial charge is 0.465 e. The van der Waals surface area contributed by atoms with Crippen molar-refractivity contribution < 1.29 is 19.7 Å². The van der Waals surface area contributed by atoms with E-state index in [9.17, 15) is 10.2 Å². The number of hydrogen-bond donors (Lipinski definition) is 2. The summed E-state index contributed by atoms with van der Waals surface area (Å²) in [5.41, 5.74) is 2.11. The van der Waals surface area contributed by atoms with E-state index in [2.05, 4.69) is 20.8 Å². The molecule has 4 heteroatoms. The van der Waals surface area contributed by atoms with Gasteiger partial charge in [0.2, 0.25) is 0 Å². The zero-order valence-electron chi connectivity index (χ0n) is 18.2.